The number of carbonyl (C=O) groups is 3. The molecule has 56 heavy (non-hydrogen) atoms. The van der Waals surface area contributed by atoms with E-state index in [1.807, 2.05) is 0 Å². The molecule has 15 heteroatoms. The minimum absolute atomic E-state index is 0.0161. The highest BCUT2D eigenvalue weighted by Crippen LogP contribution is 2.32. The first kappa shape index (κ1) is 54.8. The number of hydrogen-bond donors (Lipinski definition) is 7. The highest BCUT2D eigenvalue weighted by Gasteiger charge is 2.23. The van der Waals surface area contributed by atoms with Crippen molar-refractivity contribution in [2.45, 2.75) is 167 Å². The highest BCUT2D eigenvalue weighted by molar-refractivity contribution is 7.99. The molecule has 8 N–H and O–H groups in total. The SMILES string of the molecule is C=P(O)(O)CCOCCOCCNC(=O)[C@H](CO)NC(=O)[C@@H](N)CSC[C@@H](COCCCCCCCCCCCC)NC(=O)CCCCCCCCCCCC. The number of nitrogens with two attached hydrogens (primary N) is 1. The Balaban J connectivity index is 4.58. The molecule has 0 aromatic rings. The summed E-state index contributed by atoms with van der Waals surface area (Å²) in [6.45, 7) is 5.92. The summed E-state index contributed by atoms with van der Waals surface area (Å²) in [4.78, 5) is 56.7. The lowest BCUT2D eigenvalue weighted by molar-refractivity contribution is -0.130. The van der Waals surface area contributed by atoms with Gasteiger partial charge in [0.2, 0.25) is 17.7 Å². The van der Waals surface area contributed by atoms with E-state index in [4.69, 9.17) is 19.9 Å². The summed E-state index contributed by atoms with van der Waals surface area (Å²) in [5, 5.41) is 18.0. The molecule has 332 valence electrons. The zero-order valence-corrected chi connectivity index (χ0v) is 37.0. The van der Waals surface area contributed by atoms with Crippen LogP contribution >= 0.6 is 19.1 Å². The van der Waals surface area contributed by atoms with Crippen molar-refractivity contribution in [3.8, 4) is 0 Å². The van der Waals surface area contributed by atoms with Gasteiger partial charge in [-0.1, -0.05) is 136 Å². The lowest BCUT2D eigenvalue weighted by Gasteiger charge is -2.21. The number of aliphatic hydroxyl groups excluding tert-OH is 1. The molecule has 3 atom stereocenters. The number of ether oxygens (including phenoxy) is 3. The third-order valence-electron chi connectivity index (χ3n) is 9.36. The van der Waals surface area contributed by atoms with E-state index in [-0.39, 0.29) is 56.8 Å². The zero-order chi connectivity index (χ0) is 41.5. The maximum atomic E-state index is 12.9. The molecule has 13 nitrogen and oxygen atoms in total. The van der Waals surface area contributed by atoms with Gasteiger partial charge in [-0.05, 0) is 12.8 Å². The van der Waals surface area contributed by atoms with E-state index in [1.54, 1.807) is 0 Å². The summed E-state index contributed by atoms with van der Waals surface area (Å²) in [6.07, 6.45) is 28.5. The Bertz CT molecular complexity index is 995. The molecule has 0 fully saturated rings. The molecule has 0 aliphatic carbocycles. The van der Waals surface area contributed by atoms with Gasteiger partial charge in [0.25, 0.3) is 0 Å². The third-order valence-corrected chi connectivity index (χ3v) is 11.5. The van der Waals surface area contributed by atoms with Crippen LogP contribution in [0.3, 0.4) is 0 Å². The van der Waals surface area contributed by atoms with Crippen molar-refractivity contribution in [3.63, 3.8) is 0 Å². The number of unbranched alkanes of at least 4 members (excludes halogenated alkanes) is 18. The number of nitrogens with one attached hydrogen (secondary N) is 3. The maximum absolute atomic E-state index is 12.9. The van der Waals surface area contributed by atoms with E-state index in [0.29, 0.717) is 25.4 Å². The van der Waals surface area contributed by atoms with Crippen LogP contribution in [0.1, 0.15) is 149 Å². The quantitative estimate of drug-likeness (QED) is 0.0295. The summed E-state index contributed by atoms with van der Waals surface area (Å²) < 4.78 is 16.6. The summed E-state index contributed by atoms with van der Waals surface area (Å²) in [5.41, 5.74) is 6.16. The molecular weight excluding hydrogens is 756 g/mol. The summed E-state index contributed by atoms with van der Waals surface area (Å²) in [6, 6.07) is -2.30. The summed E-state index contributed by atoms with van der Waals surface area (Å²) in [7, 11) is -3.10. The zero-order valence-electron chi connectivity index (χ0n) is 35.3. The second kappa shape index (κ2) is 39.3. The largest absolute Gasteiger partial charge is 0.394 e. The van der Waals surface area contributed by atoms with Gasteiger partial charge < -0.3 is 50.8 Å². The van der Waals surface area contributed by atoms with E-state index in [9.17, 15) is 29.3 Å². The minimum atomic E-state index is -3.10. The van der Waals surface area contributed by atoms with Crippen molar-refractivity contribution in [3.05, 3.63) is 0 Å². The fraction of sp³-hybridized carbons (Fsp3) is 0.902. The predicted molar refractivity (Wildman–Crippen MR) is 233 cm³/mol. The van der Waals surface area contributed by atoms with Crippen LogP contribution in [0, 0.1) is 0 Å². The van der Waals surface area contributed by atoms with E-state index < -0.39 is 37.8 Å². The van der Waals surface area contributed by atoms with Crippen molar-refractivity contribution >= 4 is 43.1 Å². The fourth-order valence-corrected chi connectivity index (χ4v) is 7.34. The average molecular weight is 839 g/mol. The Morgan fingerprint density at radius 3 is 1.71 bits per heavy atom. The molecule has 0 aliphatic heterocycles. The lowest BCUT2D eigenvalue weighted by Crippen LogP contribution is -2.54. The molecule has 0 bridgehead atoms. The molecular formula is C41H83N4O9PS. The maximum Gasteiger partial charge on any atom is 0.245 e. The Kier molecular flexibility index (Phi) is 38.4. The number of hydrogen-bond acceptors (Lipinski definition) is 11. The van der Waals surface area contributed by atoms with Gasteiger partial charge in [0.1, 0.15) is 13.4 Å². The molecule has 0 aromatic carbocycles. The molecule has 0 radical (unpaired) electrons. The summed E-state index contributed by atoms with van der Waals surface area (Å²) in [5.74, 6) is -0.315. The summed E-state index contributed by atoms with van der Waals surface area (Å²) >= 11 is 1.44. The molecule has 0 saturated heterocycles. The predicted octanol–water partition coefficient (Wildman–Crippen LogP) is 5.67. The third kappa shape index (κ3) is 37.1. The number of rotatable bonds is 42. The molecule has 3 amide bonds. The van der Waals surface area contributed by atoms with E-state index >= 15 is 0 Å². The van der Waals surface area contributed by atoms with Crippen LogP contribution in [-0.2, 0) is 28.6 Å². The molecule has 0 saturated carbocycles. The number of carbonyl (C=O) groups excluding carboxylic acids is 3. The molecule has 0 spiro atoms. The average Bonchev–Trinajstić information content (AvgIpc) is 3.16. The smallest absolute Gasteiger partial charge is 0.245 e. The van der Waals surface area contributed by atoms with E-state index in [1.165, 1.54) is 108 Å². The standard InChI is InChI=1S/C41H83N4O9PS/c1-4-6-8-10-12-14-16-18-20-22-24-39(47)44-36(33-54-26-23-21-19-17-15-13-11-9-7-5-2)34-56-35-37(42)40(48)45-38(32-46)41(49)43-25-27-52-28-29-53-30-31-55(3,50)51/h36-38,46,50-51H,3-35,42H2,1-2H3,(H,43,49)(H,44,47)(H,45,48)/t36-,37+,38+/m1/s1. The Morgan fingerprint density at radius 1 is 0.661 bits per heavy atom. The monoisotopic (exact) mass is 839 g/mol. The van der Waals surface area contributed by atoms with Crippen LogP contribution in [0.25, 0.3) is 0 Å². The highest BCUT2D eigenvalue weighted by atomic mass is 32.2. The van der Waals surface area contributed by atoms with E-state index in [2.05, 4.69) is 36.1 Å². The van der Waals surface area contributed by atoms with Crippen LogP contribution in [0.15, 0.2) is 0 Å². The molecule has 0 aromatic heterocycles. The van der Waals surface area contributed by atoms with Crippen molar-refractivity contribution < 1.29 is 43.5 Å². The van der Waals surface area contributed by atoms with Crippen LogP contribution in [-0.4, -0.2) is 128 Å². The van der Waals surface area contributed by atoms with Crippen LogP contribution in [0.4, 0.5) is 0 Å². The first-order valence-corrected chi connectivity index (χ1v) is 25.0. The minimum Gasteiger partial charge on any atom is -0.394 e. The Morgan fingerprint density at radius 2 is 1.18 bits per heavy atom. The first-order chi connectivity index (χ1) is 27.0. The second-order valence-corrected chi connectivity index (χ2v) is 18.2. The van der Waals surface area contributed by atoms with Crippen LogP contribution < -0.4 is 21.7 Å². The number of aliphatic hydroxyl groups is 1. The van der Waals surface area contributed by atoms with Gasteiger partial charge in [-0.25, -0.2) is 0 Å². The number of thioether (sulfide) groups is 1. The van der Waals surface area contributed by atoms with Gasteiger partial charge in [-0.3, -0.25) is 14.4 Å². The number of amides is 3. The second-order valence-electron chi connectivity index (χ2n) is 15.0. The van der Waals surface area contributed by atoms with Crippen molar-refractivity contribution in [2.75, 3.05) is 70.5 Å². The fourth-order valence-electron chi connectivity index (χ4n) is 5.91. The van der Waals surface area contributed by atoms with Crippen LogP contribution in [0.5, 0.6) is 0 Å². The molecule has 0 rings (SSSR count). The van der Waals surface area contributed by atoms with Crippen LogP contribution in [0.2, 0.25) is 0 Å². The topological polar surface area (TPSA) is 202 Å². The normalized spacial score (nSPS) is 13.3. The van der Waals surface area contributed by atoms with Crippen molar-refractivity contribution in [2.24, 2.45) is 5.73 Å². The molecule has 0 aliphatic rings. The lowest BCUT2D eigenvalue weighted by atomic mass is 10.1. The van der Waals surface area contributed by atoms with Gasteiger partial charge >= 0.3 is 0 Å². The van der Waals surface area contributed by atoms with Gasteiger partial charge in [0.05, 0.1) is 51.7 Å². The van der Waals surface area contributed by atoms with Gasteiger partial charge in [-0.15, -0.1) is 0 Å². The van der Waals surface area contributed by atoms with Gasteiger partial charge in [0.15, 0.2) is 0 Å². The Hall–Kier alpha value is -1.22. The van der Waals surface area contributed by atoms with Crippen molar-refractivity contribution in [1.29, 1.82) is 0 Å². The molecule has 0 unspecified atom stereocenters. The molecule has 0 heterocycles. The Labute approximate surface area is 344 Å². The first-order valence-electron chi connectivity index (χ1n) is 21.8. The van der Waals surface area contributed by atoms with Crippen molar-refractivity contribution in [1.82, 2.24) is 16.0 Å². The van der Waals surface area contributed by atoms with Gasteiger partial charge in [-0.2, -0.15) is 11.8 Å². The van der Waals surface area contributed by atoms with Gasteiger partial charge in [0, 0.05) is 37.2 Å². The van der Waals surface area contributed by atoms with E-state index in [0.717, 1.165) is 32.1 Å².